The lowest BCUT2D eigenvalue weighted by Crippen LogP contribution is -2.54. The fourth-order valence-corrected chi connectivity index (χ4v) is 6.16. The Bertz CT molecular complexity index is 728. The number of allylic oxidation sites excluding steroid dienone is 3. The number of fused-ring (bicyclic) bond motifs is 1. The van der Waals surface area contributed by atoms with Gasteiger partial charge in [0.2, 0.25) is 0 Å². The van der Waals surface area contributed by atoms with Crippen molar-refractivity contribution in [2.75, 3.05) is 19.6 Å². The third-order valence-corrected chi connectivity index (χ3v) is 8.90. The minimum atomic E-state index is -0.259. The lowest BCUT2D eigenvalue weighted by molar-refractivity contribution is 0.00578. The van der Waals surface area contributed by atoms with Crippen molar-refractivity contribution >= 4 is 7.12 Å². The Labute approximate surface area is 184 Å². The maximum absolute atomic E-state index is 6.42. The first kappa shape index (κ1) is 21.1. The van der Waals surface area contributed by atoms with Crippen molar-refractivity contribution in [2.24, 2.45) is 5.41 Å². The van der Waals surface area contributed by atoms with Gasteiger partial charge in [0.25, 0.3) is 0 Å². The summed E-state index contributed by atoms with van der Waals surface area (Å²) in [6, 6.07) is 1.51. The second kappa shape index (κ2) is 7.11. The minimum absolute atomic E-state index is 0.145. The number of nitrogens with zero attached hydrogens (tertiary/aromatic N) is 2. The normalized spacial score (nSPS) is 37.5. The molecule has 0 radical (unpaired) electrons. The molecule has 2 aliphatic carbocycles. The molecule has 30 heavy (non-hydrogen) atoms. The number of likely N-dealkylation sites (tertiary alicyclic amines) is 2. The second-order valence-electron chi connectivity index (χ2n) is 12.1. The van der Waals surface area contributed by atoms with Crippen LogP contribution in [0.2, 0.25) is 5.82 Å². The van der Waals surface area contributed by atoms with Gasteiger partial charge in [0.1, 0.15) is 0 Å². The average molecular weight is 412 g/mol. The highest BCUT2D eigenvalue weighted by molar-refractivity contribution is 6.48. The molecule has 0 aromatic carbocycles. The monoisotopic (exact) mass is 412 g/mol. The Morgan fingerprint density at radius 3 is 2.17 bits per heavy atom. The highest BCUT2D eigenvalue weighted by Gasteiger charge is 2.54. The Kier molecular flexibility index (Phi) is 5.00. The van der Waals surface area contributed by atoms with E-state index in [0.717, 1.165) is 19.0 Å². The standard InChI is InChI=1S/C25H41BN2O2/c1-23(2)17-28(20-15-19(16-20)27-12-8-7-9-13-27)22-14-18(10-11-21(22)23)26-29-24(3,4)25(5,6)30-26/h11,14,18-20H,7-10,12-13,15-17H2,1-6H3. The molecule has 0 N–H and O–H groups in total. The van der Waals surface area contributed by atoms with Crippen LogP contribution in [0, 0.1) is 5.41 Å². The van der Waals surface area contributed by atoms with Gasteiger partial charge >= 0.3 is 7.12 Å². The Morgan fingerprint density at radius 1 is 0.900 bits per heavy atom. The quantitative estimate of drug-likeness (QED) is 0.608. The van der Waals surface area contributed by atoms with E-state index in [4.69, 9.17) is 9.31 Å². The molecule has 0 bridgehead atoms. The molecule has 1 unspecified atom stereocenters. The summed E-state index contributed by atoms with van der Waals surface area (Å²) >= 11 is 0. The molecule has 166 valence electrons. The zero-order chi connectivity index (χ0) is 21.3. The maximum Gasteiger partial charge on any atom is 0.465 e. The summed E-state index contributed by atoms with van der Waals surface area (Å²) in [7, 11) is -0.145. The zero-order valence-electron chi connectivity index (χ0n) is 20.0. The number of hydrogen-bond donors (Lipinski definition) is 0. The summed E-state index contributed by atoms with van der Waals surface area (Å²) in [4.78, 5) is 5.50. The summed E-state index contributed by atoms with van der Waals surface area (Å²) in [6.45, 7) is 17.3. The number of rotatable bonds is 3. The van der Waals surface area contributed by atoms with Gasteiger partial charge in [0.15, 0.2) is 0 Å². The summed E-state index contributed by atoms with van der Waals surface area (Å²) in [5.74, 6) is 0.305. The van der Waals surface area contributed by atoms with Gasteiger partial charge < -0.3 is 19.1 Å². The SMILES string of the molecule is CC1(C)CN(C2CC(N3CCCCC3)C2)C2=CC(B3OC(C)(C)C(C)(C)O3)CC=C21. The van der Waals surface area contributed by atoms with E-state index in [9.17, 15) is 0 Å². The predicted molar refractivity (Wildman–Crippen MR) is 123 cm³/mol. The van der Waals surface area contributed by atoms with Gasteiger partial charge in [-0.05, 0) is 78.5 Å². The molecule has 1 saturated carbocycles. The molecule has 4 nitrogen and oxygen atoms in total. The molecular formula is C25H41BN2O2. The van der Waals surface area contributed by atoms with E-state index in [0.29, 0.717) is 11.9 Å². The average Bonchev–Trinajstić information content (AvgIpc) is 3.03. The van der Waals surface area contributed by atoms with E-state index < -0.39 is 0 Å². The Balaban J connectivity index is 1.31. The van der Waals surface area contributed by atoms with Crippen molar-refractivity contribution in [1.29, 1.82) is 0 Å². The van der Waals surface area contributed by atoms with Crippen LogP contribution in [-0.4, -0.2) is 59.8 Å². The van der Waals surface area contributed by atoms with Crippen molar-refractivity contribution in [3.05, 3.63) is 23.4 Å². The minimum Gasteiger partial charge on any atom is -0.403 e. The fraction of sp³-hybridized carbons (Fsp3) is 0.840. The second-order valence-corrected chi connectivity index (χ2v) is 12.1. The number of hydrogen-bond acceptors (Lipinski definition) is 4. The molecule has 3 heterocycles. The van der Waals surface area contributed by atoms with Crippen LogP contribution >= 0.6 is 0 Å². The van der Waals surface area contributed by atoms with Gasteiger partial charge in [-0.2, -0.15) is 0 Å². The van der Waals surface area contributed by atoms with Crippen LogP contribution in [0.5, 0.6) is 0 Å². The van der Waals surface area contributed by atoms with Crippen molar-refractivity contribution in [1.82, 2.24) is 9.80 Å². The van der Waals surface area contributed by atoms with Gasteiger partial charge in [-0.3, -0.25) is 0 Å². The summed E-state index contributed by atoms with van der Waals surface area (Å²) in [6.07, 6.45) is 12.9. The molecule has 5 rings (SSSR count). The van der Waals surface area contributed by atoms with Crippen molar-refractivity contribution in [2.45, 2.75) is 109 Å². The van der Waals surface area contributed by atoms with E-state index in [2.05, 4.69) is 63.5 Å². The summed E-state index contributed by atoms with van der Waals surface area (Å²) in [5.41, 5.74) is 2.75. The first-order valence-corrected chi connectivity index (χ1v) is 12.4. The molecule has 4 fully saturated rings. The van der Waals surface area contributed by atoms with Gasteiger partial charge in [-0.25, -0.2) is 0 Å². The van der Waals surface area contributed by atoms with Gasteiger partial charge in [-0.1, -0.05) is 32.4 Å². The van der Waals surface area contributed by atoms with Crippen molar-refractivity contribution in [3.8, 4) is 0 Å². The van der Waals surface area contributed by atoms with Crippen LogP contribution in [0.15, 0.2) is 23.4 Å². The van der Waals surface area contributed by atoms with Crippen LogP contribution in [0.25, 0.3) is 0 Å². The lowest BCUT2D eigenvalue weighted by Gasteiger charge is -2.49. The van der Waals surface area contributed by atoms with Gasteiger partial charge in [0.05, 0.1) is 11.2 Å². The largest absolute Gasteiger partial charge is 0.465 e. The third kappa shape index (κ3) is 3.40. The molecule has 0 aromatic heterocycles. The Morgan fingerprint density at radius 2 is 1.53 bits per heavy atom. The van der Waals surface area contributed by atoms with E-state index >= 15 is 0 Å². The molecule has 5 heteroatoms. The van der Waals surface area contributed by atoms with Crippen molar-refractivity contribution in [3.63, 3.8) is 0 Å². The first-order valence-electron chi connectivity index (χ1n) is 12.4. The van der Waals surface area contributed by atoms with Crippen LogP contribution in [0.1, 0.15) is 80.1 Å². The van der Waals surface area contributed by atoms with E-state index in [1.807, 2.05) is 0 Å². The molecule has 3 saturated heterocycles. The molecule has 0 spiro atoms. The maximum atomic E-state index is 6.42. The predicted octanol–water partition coefficient (Wildman–Crippen LogP) is 5.02. The third-order valence-electron chi connectivity index (χ3n) is 8.90. The number of piperidine rings is 1. The molecular weight excluding hydrogens is 371 g/mol. The molecule has 5 aliphatic rings. The first-order chi connectivity index (χ1) is 14.1. The smallest absolute Gasteiger partial charge is 0.403 e. The van der Waals surface area contributed by atoms with Crippen LogP contribution in [0.4, 0.5) is 0 Å². The fourth-order valence-electron chi connectivity index (χ4n) is 6.16. The molecule has 3 aliphatic heterocycles. The summed E-state index contributed by atoms with van der Waals surface area (Å²) in [5, 5.41) is 0. The molecule has 1 atom stereocenters. The topological polar surface area (TPSA) is 24.9 Å². The van der Waals surface area contributed by atoms with Crippen LogP contribution in [0.3, 0.4) is 0 Å². The van der Waals surface area contributed by atoms with Crippen LogP contribution < -0.4 is 0 Å². The Hall–Kier alpha value is -0.775. The van der Waals surface area contributed by atoms with Gasteiger partial charge in [0, 0.05) is 35.6 Å². The van der Waals surface area contributed by atoms with E-state index in [1.165, 1.54) is 50.9 Å². The highest BCUT2D eigenvalue weighted by Crippen LogP contribution is 2.51. The van der Waals surface area contributed by atoms with Crippen LogP contribution in [-0.2, 0) is 9.31 Å². The molecule has 0 amide bonds. The zero-order valence-corrected chi connectivity index (χ0v) is 20.0. The van der Waals surface area contributed by atoms with E-state index in [-0.39, 0.29) is 23.7 Å². The molecule has 0 aromatic rings. The van der Waals surface area contributed by atoms with Gasteiger partial charge in [-0.15, -0.1) is 0 Å². The lowest BCUT2D eigenvalue weighted by atomic mass is 9.66. The van der Waals surface area contributed by atoms with Crippen molar-refractivity contribution < 1.29 is 9.31 Å². The van der Waals surface area contributed by atoms with E-state index in [1.54, 1.807) is 5.57 Å². The summed E-state index contributed by atoms with van der Waals surface area (Å²) < 4.78 is 12.8. The highest BCUT2D eigenvalue weighted by atomic mass is 16.7.